The Bertz CT molecular complexity index is 215. The number of carbonyl (C=O) groups is 2. The lowest BCUT2D eigenvalue weighted by atomic mass is 10.1. The number of carbonyl (C=O) groups excluding carboxylic acids is 1. The summed E-state index contributed by atoms with van der Waals surface area (Å²) in [4.78, 5) is 23.2. The smallest absolute Gasteiger partial charge is 0.315 e. The molecule has 0 rings (SSSR count). The first-order valence-corrected chi connectivity index (χ1v) is 4.52. The molecule has 14 heavy (non-hydrogen) atoms. The molecule has 0 aromatic rings. The van der Waals surface area contributed by atoms with Gasteiger partial charge in [0.15, 0.2) is 0 Å². The summed E-state index contributed by atoms with van der Waals surface area (Å²) < 4.78 is 0. The minimum atomic E-state index is -1.13. The van der Waals surface area contributed by atoms with Crippen molar-refractivity contribution in [3.05, 3.63) is 0 Å². The number of aliphatic hydroxyl groups is 1. The van der Waals surface area contributed by atoms with Crippen LogP contribution < -0.4 is 0 Å². The molecular formula is C9H17NO4. The van der Waals surface area contributed by atoms with Gasteiger partial charge in [-0.2, -0.15) is 0 Å². The van der Waals surface area contributed by atoms with Gasteiger partial charge in [-0.3, -0.25) is 9.59 Å². The maximum atomic E-state index is 11.4. The van der Waals surface area contributed by atoms with Gasteiger partial charge in [0.1, 0.15) is 5.92 Å². The van der Waals surface area contributed by atoms with E-state index in [1.54, 1.807) is 6.92 Å². The van der Waals surface area contributed by atoms with Crippen LogP contribution in [0.1, 0.15) is 20.3 Å². The molecule has 82 valence electrons. The zero-order valence-electron chi connectivity index (χ0n) is 8.73. The first-order valence-electron chi connectivity index (χ1n) is 4.52. The van der Waals surface area contributed by atoms with E-state index in [9.17, 15) is 9.59 Å². The van der Waals surface area contributed by atoms with Gasteiger partial charge in [0.2, 0.25) is 5.91 Å². The van der Waals surface area contributed by atoms with E-state index < -0.39 is 23.9 Å². The number of hydrogen-bond donors (Lipinski definition) is 2. The number of aliphatic carboxylic acids is 1. The fourth-order valence-corrected chi connectivity index (χ4v) is 0.927. The average molecular weight is 203 g/mol. The van der Waals surface area contributed by atoms with E-state index in [1.165, 1.54) is 18.9 Å². The molecule has 0 spiro atoms. The Morgan fingerprint density at radius 3 is 2.21 bits per heavy atom. The molecule has 1 amide bonds. The second-order valence-electron chi connectivity index (χ2n) is 3.46. The van der Waals surface area contributed by atoms with Gasteiger partial charge in [-0.1, -0.05) is 0 Å². The summed E-state index contributed by atoms with van der Waals surface area (Å²) in [5.74, 6) is -2.58. The molecule has 0 aliphatic heterocycles. The van der Waals surface area contributed by atoms with Crippen LogP contribution in [0.25, 0.3) is 0 Å². The maximum Gasteiger partial charge on any atom is 0.315 e. The van der Waals surface area contributed by atoms with Crippen molar-refractivity contribution >= 4 is 11.9 Å². The Kier molecular flexibility index (Phi) is 5.15. The van der Waals surface area contributed by atoms with Crippen LogP contribution in [-0.4, -0.2) is 46.7 Å². The summed E-state index contributed by atoms with van der Waals surface area (Å²) in [7, 11) is 1.53. The SMILES string of the molecule is CC(O)CCN(C)C(=O)C(C)C(=O)O. The normalized spacial score (nSPS) is 14.6. The summed E-state index contributed by atoms with van der Waals surface area (Å²) >= 11 is 0. The Labute approximate surface area is 83.3 Å². The minimum absolute atomic E-state index is 0.369. The van der Waals surface area contributed by atoms with Gasteiger partial charge in [-0.05, 0) is 20.3 Å². The third kappa shape index (κ3) is 4.23. The quantitative estimate of drug-likeness (QED) is 0.613. The van der Waals surface area contributed by atoms with Crippen LogP contribution in [0, 0.1) is 5.92 Å². The predicted octanol–water partition coefficient (Wildman–Crippen LogP) is -0.0636. The van der Waals surface area contributed by atoms with Crippen molar-refractivity contribution in [3.8, 4) is 0 Å². The molecule has 0 aliphatic rings. The first-order chi connectivity index (χ1) is 6.36. The first kappa shape index (κ1) is 12.9. The Balaban J connectivity index is 4.05. The Morgan fingerprint density at radius 2 is 1.86 bits per heavy atom. The number of hydrogen-bond acceptors (Lipinski definition) is 3. The number of amides is 1. The van der Waals surface area contributed by atoms with E-state index in [0.717, 1.165) is 0 Å². The van der Waals surface area contributed by atoms with Crippen LogP contribution >= 0.6 is 0 Å². The lowest BCUT2D eigenvalue weighted by Crippen LogP contribution is -2.36. The van der Waals surface area contributed by atoms with E-state index in [0.29, 0.717) is 13.0 Å². The van der Waals surface area contributed by atoms with Crippen molar-refractivity contribution in [3.63, 3.8) is 0 Å². The van der Waals surface area contributed by atoms with E-state index in [-0.39, 0.29) is 0 Å². The van der Waals surface area contributed by atoms with Gasteiger partial charge in [-0.15, -0.1) is 0 Å². The lowest BCUT2D eigenvalue weighted by molar-refractivity contribution is -0.149. The molecule has 2 atom stereocenters. The van der Waals surface area contributed by atoms with Crippen LogP contribution in [0.4, 0.5) is 0 Å². The average Bonchev–Trinajstić information content (AvgIpc) is 2.11. The summed E-state index contributed by atoms with van der Waals surface area (Å²) in [6, 6.07) is 0. The van der Waals surface area contributed by atoms with E-state index in [2.05, 4.69) is 0 Å². The van der Waals surface area contributed by atoms with Gasteiger partial charge in [0, 0.05) is 13.6 Å². The van der Waals surface area contributed by atoms with E-state index in [4.69, 9.17) is 10.2 Å². The van der Waals surface area contributed by atoms with E-state index >= 15 is 0 Å². The maximum absolute atomic E-state index is 11.4. The lowest BCUT2D eigenvalue weighted by Gasteiger charge is -2.19. The number of nitrogens with zero attached hydrogens (tertiary/aromatic N) is 1. The fraction of sp³-hybridized carbons (Fsp3) is 0.778. The highest BCUT2D eigenvalue weighted by atomic mass is 16.4. The largest absolute Gasteiger partial charge is 0.481 e. The van der Waals surface area contributed by atoms with Crippen LogP contribution in [-0.2, 0) is 9.59 Å². The molecule has 2 unspecified atom stereocenters. The molecule has 0 saturated heterocycles. The summed E-state index contributed by atoms with van der Waals surface area (Å²) in [5.41, 5.74) is 0. The van der Waals surface area contributed by atoms with Gasteiger partial charge in [-0.25, -0.2) is 0 Å². The van der Waals surface area contributed by atoms with Crippen molar-refractivity contribution < 1.29 is 19.8 Å². The molecule has 0 aliphatic carbocycles. The van der Waals surface area contributed by atoms with E-state index in [1.807, 2.05) is 0 Å². The van der Waals surface area contributed by atoms with Gasteiger partial charge >= 0.3 is 5.97 Å². The topological polar surface area (TPSA) is 77.8 Å². The fourth-order valence-electron chi connectivity index (χ4n) is 0.927. The zero-order chi connectivity index (χ0) is 11.3. The highest BCUT2D eigenvalue weighted by molar-refractivity contribution is 5.96. The second kappa shape index (κ2) is 5.59. The van der Waals surface area contributed by atoms with Crippen molar-refractivity contribution in [2.75, 3.05) is 13.6 Å². The standard InChI is InChI=1S/C9H17NO4/c1-6(11)4-5-10(3)8(12)7(2)9(13)14/h6-7,11H,4-5H2,1-3H3,(H,13,14). The summed E-state index contributed by atoms with van der Waals surface area (Å²) in [6.07, 6.45) is -0.0282. The number of aliphatic hydroxyl groups excluding tert-OH is 1. The number of carboxylic acids is 1. The van der Waals surface area contributed by atoms with Crippen molar-refractivity contribution in [1.82, 2.24) is 4.90 Å². The second-order valence-corrected chi connectivity index (χ2v) is 3.46. The summed E-state index contributed by atoms with van der Waals surface area (Å²) in [6.45, 7) is 3.34. The molecule has 0 bridgehead atoms. The third-order valence-corrected chi connectivity index (χ3v) is 2.00. The molecule has 5 nitrogen and oxygen atoms in total. The predicted molar refractivity (Wildman–Crippen MR) is 50.7 cm³/mol. The number of carboxylic acid groups (broad SMARTS) is 1. The van der Waals surface area contributed by atoms with Gasteiger partial charge in [0.25, 0.3) is 0 Å². The van der Waals surface area contributed by atoms with Crippen molar-refractivity contribution in [2.45, 2.75) is 26.4 Å². The van der Waals surface area contributed by atoms with Crippen molar-refractivity contribution in [1.29, 1.82) is 0 Å². The zero-order valence-corrected chi connectivity index (χ0v) is 8.73. The van der Waals surface area contributed by atoms with Crippen molar-refractivity contribution in [2.24, 2.45) is 5.92 Å². The van der Waals surface area contributed by atoms with Crippen LogP contribution in [0.3, 0.4) is 0 Å². The monoisotopic (exact) mass is 203 g/mol. The third-order valence-electron chi connectivity index (χ3n) is 2.00. The molecule has 0 aromatic heterocycles. The highest BCUT2D eigenvalue weighted by Gasteiger charge is 2.23. The van der Waals surface area contributed by atoms with Crippen LogP contribution in [0.15, 0.2) is 0 Å². The molecular weight excluding hydrogens is 186 g/mol. The molecule has 0 fully saturated rings. The Hall–Kier alpha value is -1.10. The number of rotatable bonds is 5. The molecule has 0 saturated carbocycles. The van der Waals surface area contributed by atoms with Crippen LogP contribution in [0.2, 0.25) is 0 Å². The molecule has 0 aromatic carbocycles. The van der Waals surface area contributed by atoms with Gasteiger partial charge in [0.05, 0.1) is 6.10 Å². The Morgan fingerprint density at radius 1 is 1.36 bits per heavy atom. The van der Waals surface area contributed by atoms with Crippen LogP contribution in [0.5, 0.6) is 0 Å². The molecule has 0 radical (unpaired) electrons. The molecule has 0 heterocycles. The minimum Gasteiger partial charge on any atom is -0.481 e. The summed E-state index contributed by atoms with van der Waals surface area (Å²) in [5, 5.41) is 17.6. The molecule has 2 N–H and O–H groups in total. The highest BCUT2D eigenvalue weighted by Crippen LogP contribution is 2.02. The van der Waals surface area contributed by atoms with Gasteiger partial charge < -0.3 is 15.1 Å². The molecule has 5 heteroatoms.